The number of amides is 1. The van der Waals surface area contributed by atoms with E-state index in [2.05, 4.69) is 5.32 Å². The van der Waals surface area contributed by atoms with Crippen LogP contribution in [0.3, 0.4) is 0 Å². The van der Waals surface area contributed by atoms with Crippen molar-refractivity contribution in [3.05, 3.63) is 60.2 Å². The monoisotopic (exact) mass is 256 g/mol. The second-order valence-electron chi connectivity index (χ2n) is 4.12. The molecule has 2 aromatic carbocycles. The number of rotatable bonds is 5. The van der Waals surface area contributed by atoms with Crippen LogP contribution in [0.25, 0.3) is 0 Å². The SMILES string of the molecule is Nc1cccc(OCC(=O)NCc2ccccc2)c1. The first-order chi connectivity index (χ1) is 9.24. The van der Waals surface area contributed by atoms with Crippen LogP contribution in [-0.4, -0.2) is 12.5 Å². The summed E-state index contributed by atoms with van der Waals surface area (Å²) < 4.78 is 5.34. The number of nitrogen functional groups attached to an aromatic ring is 1. The molecule has 19 heavy (non-hydrogen) atoms. The van der Waals surface area contributed by atoms with Gasteiger partial charge in [0.1, 0.15) is 5.75 Å². The highest BCUT2D eigenvalue weighted by Gasteiger charge is 2.02. The summed E-state index contributed by atoms with van der Waals surface area (Å²) in [6.45, 7) is 0.482. The fraction of sp³-hybridized carbons (Fsp3) is 0.133. The summed E-state index contributed by atoms with van der Waals surface area (Å²) in [5, 5.41) is 2.79. The van der Waals surface area contributed by atoms with Crippen LogP contribution in [0.4, 0.5) is 5.69 Å². The summed E-state index contributed by atoms with van der Waals surface area (Å²) in [6, 6.07) is 16.7. The lowest BCUT2D eigenvalue weighted by Crippen LogP contribution is -2.28. The van der Waals surface area contributed by atoms with Crippen LogP contribution in [-0.2, 0) is 11.3 Å². The summed E-state index contributed by atoms with van der Waals surface area (Å²) in [4.78, 5) is 11.6. The lowest BCUT2D eigenvalue weighted by atomic mass is 10.2. The molecule has 3 N–H and O–H groups in total. The average Bonchev–Trinajstić information content (AvgIpc) is 2.44. The Kier molecular flexibility index (Phi) is 4.39. The molecule has 0 saturated heterocycles. The van der Waals surface area contributed by atoms with Crippen molar-refractivity contribution >= 4 is 11.6 Å². The molecule has 1 amide bonds. The molecule has 98 valence electrons. The molecule has 0 unspecified atom stereocenters. The standard InChI is InChI=1S/C15H16N2O2/c16-13-7-4-8-14(9-13)19-11-15(18)17-10-12-5-2-1-3-6-12/h1-9H,10-11,16H2,(H,17,18). The smallest absolute Gasteiger partial charge is 0.258 e. The van der Waals surface area contributed by atoms with Gasteiger partial charge in [0.15, 0.2) is 6.61 Å². The van der Waals surface area contributed by atoms with Crippen LogP contribution in [0.5, 0.6) is 5.75 Å². The Balaban J connectivity index is 1.76. The van der Waals surface area contributed by atoms with Gasteiger partial charge in [0, 0.05) is 18.3 Å². The van der Waals surface area contributed by atoms with Gasteiger partial charge in [0.2, 0.25) is 0 Å². The molecule has 0 saturated carbocycles. The van der Waals surface area contributed by atoms with Crippen LogP contribution in [0, 0.1) is 0 Å². The van der Waals surface area contributed by atoms with E-state index in [-0.39, 0.29) is 12.5 Å². The Bertz CT molecular complexity index is 541. The van der Waals surface area contributed by atoms with Crippen LogP contribution < -0.4 is 15.8 Å². The molecule has 4 heteroatoms. The molecule has 0 fully saturated rings. The maximum absolute atomic E-state index is 11.6. The van der Waals surface area contributed by atoms with Gasteiger partial charge < -0.3 is 15.8 Å². The van der Waals surface area contributed by atoms with Gasteiger partial charge in [-0.15, -0.1) is 0 Å². The van der Waals surface area contributed by atoms with Gasteiger partial charge in [0.25, 0.3) is 5.91 Å². The van der Waals surface area contributed by atoms with Crippen molar-refractivity contribution in [2.75, 3.05) is 12.3 Å². The van der Waals surface area contributed by atoms with E-state index in [4.69, 9.17) is 10.5 Å². The van der Waals surface area contributed by atoms with E-state index in [1.165, 1.54) is 0 Å². The van der Waals surface area contributed by atoms with E-state index in [9.17, 15) is 4.79 Å². The molecular weight excluding hydrogens is 240 g/mol. The van der Waals surface area contributed by atoms with Gasteiger partial charge in [-0.05, 0) is 17.7 Å². The van der Waals surface area contributed by atoms with E-state index in [0.717, 1.165) is 5.56 Å². The van der Waals surface area contributed by atoms with E-state index in [1.807, 2.05) is 30.3 Å². The van der Waals surface area contributed by atoms with Gasteiger partial charge in [-0.3, -0.25) is 4.79 Å². The molecule has 0 atom stereocenters. The first-order valence-electron chi connectivity index (χ1n) is 6.03. The minimum Gasteiger partial charge on any atom is -0.484 e. The second-order valence-corrected chi connectivity index (χ2v) is 4.12. The number of nitrogens with one attached hydrogen (secondary N) is 1. The molecule has 0 aliphatic rings. The van der Waals surface area contributed by atoms with Crippen molar-refractivity contribution in [2.45, 2.75) is 6.54 Å². The predicted octanol–water partition coefficient (Wildman–Crippen LogP) is 1.96. The second kappa shape index (κ2) is 6.44. The first kappa shape index (κ1) is 13.0. The molecule has 2 aromatic rings. The molecular formula is C15H16N2O2. The molecule has 0 spiro atoms. The Morgan fingerprint density at radius 2 is 1.89 bits per heavy atom. The van der Waals surface area contributed by atoms with Crippen molar-refractivity contribution in [1.82, 2.24) is 5.32 Å². The van der Waals surface area contributed by atoms with Gasteiger partial charge in [0.05, 0.1) is 0 Å². The van der Waals surface area contributed by atoms with E-state index >= 15 is 0 Å². The molecule has 0 aromatic heterocycles. The number of carbonyl (C=O) groups excluding carboxylic acids is 1. The third-order valence-electron chi connectivity index (χ3n) is 2.56. The summed E-state index contributed by atoms with van der Waals surface area (Å²) in [5.74, 6) is 0.432. The molecule has 0 heterocycles. The van der Waals surface area contributed by atoms with Gasteiger partial charge in [-0.1, -0.05) is 36.4 Å². The summed E-state index contributed by atoms with van der Waals surface area (Å²) in [7, 11) is 0. The Hall–Kier alpha value is -2.49. The Morgan fingerprint density at radius 1 is 1.11 bits per heavy atom. The van der Waals surface area contributed by atoms with Crippen molar-refractivity contribution in [2.24, 2.45) is 0 Å². The van der Waals surface area contributed by atoms with Crippen LogP contribution in [0.15, 0.2) is 54.6 Å². The first-order valence-corrected chi connectivity index (χ1v) is 6.03. The number of hydrogen-bond donors (Lipinski definition) is 2. The normalized spacial score (nSPS) is 9.89. The largest absolute Gasteiger partial charge is 0.484 e. The average molecular weight is 256 g/mol. The highest BCUT2D eigenvalue weighted by atomic mass is 16.5. The van der Waals surface area contributed by atoms with Gasteiger partial charge >= 0.3 is 0 Å². The number of carbonyl (C=O) groups is 1. The topological polar surface area (TPSA) is 64.3 Å². The molecule has 0 radical (unpaired) electrons. The Labute approximate surface area is 112 Å². The van der Waals surface area contributed by atoms with Crippen molar-refractivity contribution in [1.29, 1.82) is 0 Å². The number of anilines is 1. The minimum absolute atomic E-state index is 0.0176. The van der Waals surface area contributed by atoms with E-state index in [0.29, 0.717) is 18.0 Å². The third kappa shape index (κ3) is 4.35. The van der Waals surface area contributed by atoms with Crippen molar-refractivity contribution in [3.8, 4) is 5.75 Å². The van der Waals surface area contributed by atoms with Gasteiger partial charge in [-0.2, -0.15) is 0 Å². The van der Waals surface area contributed by atoms with Crippen LogP contribution >= 0.6 is 0 Å². The number of nitrogens with two attached hydrogens (primary N) is 1. The zero-order valence-corrected chi connectivity index (χ0v) is 10.5. The maximum atomic E-state index is 11.6. The highest BCUT2D eigenvalue weighted by Crippen LogP contribution is 2.13. The van der Waals surface area contributed by atoms with Crippen LogP contribution in [0.2, 0.25) is 0 Å². The lowest BCUT2D eigenvalue weighted by Gasteiger charge is -2.08. The van der Waals surface area contributed by atoms with Crippen LogP contribution in [0.1, 0.15) is 5.56 Å². The minimum atomic E-state index is -0.161. The molecule has 0 aliphatic heterocycles. The maximum Gasteiger partial charge on any atom is 0.258 e. The van der Waals surface area contributed by atoms with E-state index in [1.54, 1.807) is 24.3 Å². The fourth-order valence-corrected chi connectivity index (χ4v) is 1.60. The number of ether oxygens (including phenoxy) is 1. The molecule has 4 nitrogen and oxygen atoms in total. The van der Waals surface area contributed by atoms with Crippen molar-refractivity contribution in [3.63, 3.8) is 0 Å². The number of benzene rings is 2. The summed E-state index contributed by atoms with van der Waals surface area (Å²) in [6.07, 6.45) is 0. The lowest BCUT2D eigenvalue weighted by molar-refractivity contribution is -0.123. The zero-order valence-electron chi connectivity index (χ0n) is 10.5. The fourth-order valence-electron chi connectivity index (χ4n) is 1.60. The van der Waals surface area contributed by atoms with Crippen molar-refractivity contribution < 1.29 is 9.53 Å². The van der Waals surface area contributed by atoms with Gasteiger partial charge in [-0.25, -0.2) is 0 Å². The summed E-state index contributed by atoms with van der Waals surface area (Å²) in [5.41, 5.74) is 7.29. The Morgan fingerprint density at radius 3 is 2.63 bits per heavy atom. The quantitative estimate of drug-likeness (QED) is 0.804. The van der Waals surface area contributed by atoms with E-state index < -0.39 is 0 Å². The number of hydrogen-bond acceptors (Lipinski definition) is 3. The molecule has 0 bridgehead atoms. The molecule has 0 aliphatic carbocycles. The summed E-state index contributed by atoms with van der Waals surface area (Å²) >= 11 is 0. The molecule has 2 rings (SSSR count). The zero-order chi connectivity index (χ0) is 13.5. The predicted molar refractivity (Wildman–Crippen MR) is 74.6 cm³/mol. The third-order valence-corrected chi connectivity index (χ3v) is 2.56. The highest BCUT2D eigenvalue weighted by molar-refractivity contribution is 5.77.